The van der Waals surface area contributed by atoms with E-state index in [4.69, 9.17) is 0 Å². The van der Waals surface area contributed by atoms with Crippen LogP contribution in [0.1, 0.15) is 66.2 Å². The predicted molar refractivity (Wildman–Crippen MR) is 97.7 cm³/mol. The van der Waals surface area contributed by atoms with E-state index in [1.807, 2.05) is 11.8 Å². The number of aliphatic hydroxyl groups excluding tert-OH is 1. The number of hydrogen-bond acceptors (Lipinski definition) is 4. The van der Waals surface area contributed by atoms with Crippen LogP contribution in [0.15, 0.2) is 0 Å². The molecule has 1 heterocycles. The first-order chi connectivity index (χ1) is 10.3. The van der Waals surface area contributed by atoms with Gasteiger partial charge in [-0.1, -0.05) is 33.6 Å². The highest BCUT2D eigenvalue weighted by atomic mass is 32.2. The zero-order valence-corrected chi connectivity index (χ0v) is 15.8. The fourth-order valence-corrected chi connectivity index (χ4v) is 4.59. The van der Waals surface area contributed by atoms with Crippen LogP contribution in [0.2, 0.25) is 0 Å². The van der Waals surface area contributed by atoms with E-state index in [0.717, 1.165) is 19.5 Å². The van der Waals surface area contributed by atoms with Crippen LogP contribution in [-0.2, 0) is 0 Å². The molecule has 0 aromatic carbocycles. The van der Waals surface area contributed by atoms with E-state index in [2.05, 4.69) is 37.9 Å². The van der Waals surface area contributed by atoms with Crippen LogP contribution in [0.5, 0.6) is 0 Å². The highest BCUT2D eigenvalue weighted by Gasteiger charge is 2.31. The van der Waals surface area contributed by atoms with E-state index in [-0.39, 0.29) is 6.10 Å². The number of nitrogens with zero attached hydrogens (tertiary/aromatic N) is 1. The standard InChI is InChI=1S/C18H36N2OS/c1-14(13-22-18(2,3)4)19-15-9-11-20(12-10-15)16-7-5-6-8-17(16)21/h14-17,19,21H,5-13H2,1-4H3/t14-,16+,17+/m1/s1. The number of thioether (sulfide) groups is 1. The van der Waals surface area contributed by atoms with E-state index in [0.29, 0.717) is 22.9 Å². The zero-order chi connectivity index (χ0) is 16.2. The first-order valence-corrected chi connectivity index (χ1v) is 10.2. The summed E-state index contributed by atoms with van der Waals surface area (Å²) in [5, 5.41) is 14.0. The number of piperidine rings is 1. The van der Waals surface area contributed by atoms with Crippen LogP contribution in [0.4, 0.5) is 0 Å². The molecule has 0 unspecified atom stereocenters. The summed E-state index contributed by atoms with van der Waals surface area (Å²) in [6, 6.07) is 1.68. The molecule has 1 saturated heterocycles. The Labute approximate surface area is 141 Å². The molecule has 22 heavy (non-hydrogen) atoms. The molecule has 0 spiro atoms. The Morgan fingerprint density at radius 1 is 1.14 bits per heavy atom. The number of nitrogens with one attached hydrogen (secondary N) is 1. The minimum atomic E-state index is -0.0830. The Kier molecular flexibility index (Phi) is 7.06. The third kappa shape index (κ3) is 6.03. The van der Waals surface area contributed by atoms with Crippen molar-refractivity contribution < 1.29 is 5.11 Å². The molecule has 130 valence electrons. The quantitative estimate of drug-likeness (QED) is 0.812. The Morgan fingerprint density at radius 2 is 1.77 bits per heavy atom. The predicted octanol–water partition coefficient (Wildman–Crippen LogP) is 3.26. The van der Waals surface area contributed by atoms with Gasteiger partial charge in [-0.3, -0.25) is 4.90 Å². The summed E-state index contributed by atoms with van der Waals surface area (Å²) in [4.78, 5) is 2.55. The van der Waals surface area contributed by atoms with Gasteiger partial charge in [0.15, 0.2) is 0 Å². The monoisotopic (exact) mass is 328 g/mol. The Balaban J connectivity index is 1.68. The molecule has 2 N–H and O–H groups in total. The summed E-state index contributed by atoms with van der Waals surface area (Å²) in [5.74, 6) is 1.19. The van der Waals surface area contributed by atoms with Crippen molar-refractivity contribution >= 4 is 11.8 Å². The summed E-state index contributed by atoms with van der Waals surface area (Å²) >= 11 is 2.05. The van der Waals surface area contributed by atoms with Crippen molar-refractivity contribution in [2.45, 2.75) is 95.2 Å². The lowest BCUT2D eigenvalue weighted by atomic mass is 9.89. The number of likely N-dealkylation sites (tertiary alicyclic amines) is 1. The van der Waals surface area contributed by atoms with Crippen molar-refractivity contribution in [1.29, 1.82) is 0 Å². The molecule has 0 radical (unpaired) electrons. The van der Waals surface area contributed by atoms with Crippen LogP contribution in [-0.4, -0.2) is 57.8 Å². The van der Waals surface area contributed by atoms with E-state index in [1.54, 1.807) is 0 Å². The molecule has 0 bridgehead atoms. The van der Waals surface area contributed by atoms with Gasteiger partial charge in [0.1, 0.15) is 0 Å². The molecule has 0 aromatic rings. The summed E-state index contributed by atoms with van der Waals surface area (Å²) in [6.45, 7) is 11.5. The fraction of sp³-hybridized carbons (Fsp3) is 1.00. The van der Waals surface area contributed by atoms with Crippen molar-refractivity contribution in [1.82, 2.24) is 10.2 Å². The van der Waals surface area contributed by atoms with Gasteiger partial charge >= 0.3 is 0 Å². The van der Waals surface area contributed by atoms with Gasteiger partial charge < -0.3 is 10.4 Å². The van der Waals surface area contributed by atoms with Crippen molar-refractivity contribution in [2.24, 2.45) is 0 Å². The van der Waals surface area contributed by atoms with Gasteiger partial charge in [-0.25, -0.2) is 0 Å². The lowest BCUT2D eigenvalue weighted by Gasteiger charge is -2.42. The van der Waals surface area contributed by atoms with Crippen LogP contribution < -0.4 is 5.32 Å². The molecule has 1 saturated carbocycles. The van der Waals surface area contributed by atoms with Gasteiger partial charge in [-0.15, -0.1) is 0 Å². The highest BCUT2D eigenvalue weighted by Crippen LogP contribution is 2.27. The van der Waals surface area contributed by atoms with Gasteiger partial charge in [-0.2, -0.15) is 11.8 Å². The molecule has 4 heteroatoms. The Bertz CT molecular complexity index is 324. The first-order valence-electron chi connectivity index (χ1n) is 9.17. The smallest absolute Gasteiger partial charge is 0.0695 e. The van der Waals surface area contributed by atoms with Crippen LogP contribution in [0.3, 0.4) is 0 Å². The number of rotatable bonds is 5. The molecular weight excluding hydrogens is 292 g/mol. The highest BCUT2D eigenvalue weighted by molar-refractivity contribution is 8.00. The Morgan fingerprint density at radius 3 is 2.36 bits per heavy atom. The van der Waals surface area contributed by atoms with Gasteiger partial charge in [0, 0.05) is 41.7 Å². The number of aliphatic hydroxyl groups is 1. The van der Waals surface area contributed by atoms with E-state index in [1.165, 1.54) is 37.9 Å². The van der Waals surface area contributed by atoms with Crippen molar-refractivity contribution in [3.05, 3.63) is 0 Å². The largest absolute Gasteiger partial charge is 0.391 e. The van der Waals surface area contributed by atoms with E-state index < -0.39 is 0 Å². The molecule has 2 rings (SSSR count). The molecule has 3 atom stereocenters. The molecule has 2 fully saturated rings. The maximum Gasteiger partial charge on any atom is 0.0695 e. The second-order valence-corrected chi connectivity index (χ2v) is 10.1. The van der Waals surface area contributed by atoms with Crippen molar-refractivity contribution in [3.8, 4) is 0 Å². The summed E-state index contributed by atoms with van der Waals surface area (Å²) in [7, 11) is 0. The molecule has 3 nitrogen and oxygen atoms in total. The van der Waals surface area contributed by atoms with E-state index in [9.17, 15) is 5.11 Å². The second-order valence-electron chi connectivity index (χ2n) is 8.22. The zero-order valence-electron chi connectivity index (χ0n) is 15.0. The minimum Gasteiger partial charge on any atom is -0.391 e. The lowest BCUT2D eigenvalue weighted by molar-refractivity contribution is 0.00685. The molecule has 1 aliphatic carbocycles. The lowest BCUT2D eigenvalue weighted by Crippen LogP contribution is -2.52. The molecular formula is C18H36N2OS. The SMILES string of the molecule is C[C@H](CSC(C)(C)C)NC1CCN([C@H]2CCCC[C@@H]2O)CC1. The average molecular weight is 329 g/mol. The van der Waals surface area contributed by atoms with Gasteiger partial charge in [0.05, 0.1) is 6.10 Å². The fourth-order valence-electron chi connectivity index (χ4n) is 3.74. The van der Waals surface area contributed by atoms with E-state index >= 15 is 0 Å². The Hall–Kier alpha value is 0.230. The maximum absolute atomic E-state index is 10.2. The normalized spacial score (nSPS) is 30.4. The third-order valence-electron chi connectivity index (χ3n) is 4.98. The molecule has 0 amide bonds. The minimum absolute atomic E-state index is 0.0830. The van der Waals surface area contributed by atoms with Gasteiger partial charge in [0.25, 0.3) is 0 Å². The average Bonchev–Trinajstić information content (AvgIpc) is 2.46. The summed E-state index contributed by atoms with van der Waals surface area (Å²) < 4.78 is 0.358. The van der Waals surface area contributed by atoms with Crippen molar-refractivity contribution in [2.75, 3.05) is 18.8 Å². The van der Waals surface area contributed by atoms with Gasteiger partial charge in [0.2, 0.25) is 0 Å². The molecule has 1 aliphatic heterocycles. The number of hydrogen-bond donors (Lipinski definition) is 2. The van der Waals surface area contributed by atoms with Crippen LogP contribution >= 0.6 is 11.8 Å². The first kappa shape index (κ1) is 18.6. The molecule has 0 aromatic heterocycles. The summed E-state index contributed by atoms with van der Waals surface area (Å²) in [5.41, 5.74) is 0. The van der Waals surface area contributed by atoms with Gasteiger partial charge in [-0.05, 0) is 32.6 Å². The summed E-state index contributed by atoms with van der Waals surface area (Å²) in [6.07, 6.45) is 7.07. The second kappa shape index (κ2) is 8.36. The maximum atomic E-state index is 10.2. The van der Waals surface area contributed by atoms with Crippen LogP contribution in [0.25, 0.3) is 0 Å². The topological polar surface area (TPSA) is 35.5 Å². The third-order valence-corrected chi connectivity index (χ3v) is 6.51. The van der Waals surface area contributed by atoms with Crippen molar-refractivity contribution in [3.63, 3.8) is 0 Å². The molecule has 2 aliphatic rings. The van der Waals surface area contributed by atoms with Crippen LogP contribution in [0, 0.1) is 0 Å².